The Morgan fingerprint density at radius 2 is 2.00 bits per heavy atom. The Labute approximate surface area is 125 Å². The van der Waals surface area contributed by atoms with Crippen molar-refractivity contribution in [1.82, 2.24) is 0 Å². The van der Waals surface area contributed by atoms with Gasteiger partial charge in [-0.3, -0.25) is 0 Å². The van der Waals surface area contributed by atoms with Crippen LogP contribution in [-0.4, -0.2) is 48.3 Å². The summed E-state index contributed by atoms with van der Waals surface area (Å²) in [6.07, 6.45) is -2.42. The molecule has 3 rings (SSSR count). The highest BCUT2D eigenvalue weighted by molar-refractivity contribution is 9.09. The second-order valence-corrected chi connectivity index (χ2v) is 5.95. The zero-order valence-corrected chi connectivity index (χ0v) is 12.6. The molecule has 2 fully saturated rings. The van der Waals surface area contributed by atoms with Gasteiger partial charge in [0.25, 0.3) is 0 Å². The maximum Gasteiger partial charge on any atom is 0.184 e. The zero-order chi connectivity index (χ0) is 14.1. The Kier molecular flexibility index (Phi) is 4.40. The second kappa shape index (κ2) is 6.09. The monoisotopic (exact) mass is 344 g/mol. The molecule has 20 heavy (non-hydrogen) atoms. The highest BCUT2D eigenvalue weighted by atomic mass is 79.9. The van der Waals surface area contributed by atoms with Crippen LogP contribution < -0.4 is 0 Å². The van der Waals surface area contributed by atoms with Gasteiger partial charge in [0.2, 0.25) is 0 Å². The van der Waals surface area contributed by atoms with Gasteiger partial charge in [-0.1, -0.05) is 46.3 Å². The van der Waals surface area contributed by atoms with E-state index in [1.165, 1.54) is 7.11 Å². The van der Waals surface area contributed by atoms with Gasteiger partial charge in [-0.25, -0.2) is 0 Å². The molecule has 0 aromatic heterocycles. The highest BCUT2D eigenvalue weighted by Crippen LogP contribution is 2.36. The third kappa shape index (κ3) is 2.64. The summed E-state index contributed by atoms with van der Waals surface area (Å²) in [4.78, 5) is -0.263. The van der Waals surface area contributed by atoms with Gasteiger partial charge < -0.3 is 24.1 Å². The largest absolute Gasteiger partial charge is 0.387 e. The van der Waals surface area contributed by atoms with Crippen LogP contribution in [0.25, 0.3) is 0 Å². The molecule has 0 aliphatic carbocycles. The summed E-state index contributed by atoms with van der Waals surface area (Å²) in [6.45, 7) is 0.402. The number of methoxy groups -OCH3 is 1. The molecule has 1 N–H and O–H groups in total. The van der Waals surface area contributed by atoms with Gasteiger partial charge in [-0.15, -0.1) is 0 Å². The van der Waals surface area contributed by atoms with E-state index in [1.807, 2.05) is 30.3 Å². The Morgan fingerprint density at radius 1 is 1.25 bits per heavy atom. The average molecular weight is 345 g/mol. The topological polar surface area (TPSA) is 57.2 Å². The summed E-state index contributed by atoms with van der Waals surface area (Å²) in [7, 11) is 1.51. The average Bonchev–Trinajstić information content (AvgIpc) is 2.51. The number of hydrogen-bond acceptors (Lipinski definition) is 5. The number of halogens is 1. The molecular weight excluding hydrogens is 328 g/mol. The van der Waals surface area contributed by atoms with Crippen LogP contribution in [0.2, 0.25) is 0 Å². The molecule has 0 amide bonds. The first-order chi connectivity index (χ1) is 9.70. The molecular formula is C14H17BrO5. The minimum Gasteiger partial charge on any atom is -0.387 e. The number of rotatable bonds is 2. The molecule has 1 aromatic rings. The molecule has 1 unspecified atom stereocenters. The predicted octanol–water partition coefficient (Wildman–Crippen LogP) is 1.60. The number of hydrogen-bond donors (Lipinski definition) is 1. The van der Waals surface area contributed by atoms with Crippen molar-refractivity contribution in [1.29, 1.82) is 0 Å². The summed E-state index contributed by atoms with van der Waals surface area (Å²) >= 11 is 3.49. The summed E-state index contributed by atoms with van der Waals surface area (Å²) < 4.78 is 22.4. The minimum absolute atomic E-state index is 0.257. The molecule has 0 radical (unpaired) electrons. The van der Waals surface area contributed by atoms with Crippen LogP contribution in [-0.2, 0) is 18.9 Å². The number of aliphatic hydroxyl groups is 1. The molecule has 2 heterocycles. The van der Waals surface area contributed by atoms with E-state index in [2.05, 4.69) is 15.9 Å². The van der Waals surface area contributed by atoms with E-state index in [1.54, 1.807) is 0 Å². The molecule has 2 aliphatic rings. The number of alkyl halides is 1. The number of benzene rings is 1. The van der Waals surface area contributed by atoms with Crippen molar-refractivity contribution in [2.75, 3.05) is 13.7 Å². The molecule has 5 nitrogen and oxygen atoms in total. The predicted molar refractivity (Wildman–Crippen MR) is 74.4 cm³/mol. The SMILES string of the molecule is COC1O[C@@H]2CO[C@@H](c3ccccc3)O[C@H]2[C@H](Br)[C@@H]1O. The molecule has 0 spiro atoms. The van der Waals surface area contributed by atoms with Gasteiger partial charge in [0, 0.05) is 12.7 Å². The third-order valence-electron chi connectivity index (χ3n) is 3.59. The molecule has 2 saturated heterocycles. The minimum atomic E-state index is -0.782. The second-order valence-electron chi connectivity index (χ2n) is 4.89. The molecule has 1 aromatic carbocycles. The number of fused-ring (bicyclic) bond motifs is 1. The van der Waals surface area contributed by atoms with E-state index in [0.29, 0.717) is 6.61 Å². The van der Waals surface area contributed by atoms with Crippen LogP contribution in [0.5, 0.6) is 0 Å². The standard InChI is InChI=1S/C14H17BrO5/c1-17-14-11(16)10(15)12-9(19-14)7-18-13(20-12)8-5-3-2-4-6-8/h2-6,9-14,16H,7H2,1H3/t9-,10-,11+,12-,13-,14?/m1/s1. The van der Waals surface area contributed by atoms with Gasteiger partial charge >= 0.3 is 0 Å². The van der Waals surface area contributed by atoms with Crippen molar-refractivity contribution < 1.29 is 24.1 Å². The van der Waals surface area contributed by atoms with Gasteiger partial charge in [-0.05, 0) is 0 Å². The summed E-state index contributed by atoms with van der Waals surface area (Å²) in [6, 6.07) is 9.72. The smallest absolute Gasteiger partial charge is 0.184 e. The molecule has 110 valence electrons. The van der Waals surface area contributed by atoms with E-state index in [4.69, 9.17) is 18.9 Å². The lowest BCUT2D eigenvalue weighted by atomic mass is 10.0. The van der Waals surface area contributed by atoms with Gasteiger partial charge in [0.05, 0.1) is 11.4 Å². The van der Waals surface area contributed by atoms with Crippen LogP contribution in [0.4, 0.5) is 0 Å². The van der Waals surface area contributed by atoms with E-state index in [9.17, 15) is 5.11 Å². The molecule has 2 aliphatic heterocycles. The lowest BCUT2D eigenvalue weighted by molar-refractivity contribution is -0.329. The summed E-state index contributed by atoms with van der Waals surface area (Å²) in [5.74, 6) is 0. The fourth-order valence-corrected chi connectivity index (χ4v) is 3.23. The van der Waals surface area contributed by atoms with Gasteiger partial charge in [0.1, 0.15) is 18.3 Å². The third-order valence-corrected chi connectivity index (χ3v) is 4.65. The lowest BCUT2D eigenvalue weighted by Crippen LogP contribution is -2.60. The molecule has 6 atom stereocenters. The van der Waals surface area contributed by atoms with Crippen LogP contribution in [0, 0.1) is 0 Å². The van der Waals surface area contributed by atoms with Crippen LogP contribution >= 0.6 is 15.9 Å². The van der Waals surface area contributed by atoms with Crippen molar-refractivity contribution >= 4 is 15.9 Å². The first-order valence-electron chi connectivity index (χ1n) is 6.53. The van der Waals surface area contributed by atoms with Gasteiger partial charge in [-0.2, -0.15) is 0 Å². The lowest BCUT2D eigenvalue weighted by Gasteiger charge is -2.46. The normalized spacial score (nSPS) is 41.1. The Hall–Kier alpha value is -0.500. The van der Waals surface area contributed by atoms with Crippen molar-refractivity contribution in [2.45, 2.75) is 35.7 Å². The van der Waals surface area contributed by atoms with Crippen LogP contribution in [0.1, 0.15) is 11.9 Å². The van der Waals surface area contributed by atoms with E-state index >= 15 is 0 Å². The Morgan fingerprint density at radius 3 is 2.70 bits per heavy atom. The molecule has 0 bridgehead atoms. The Balaban J connectivity index is 1.74. The molecule has 0 saturated carbocycles. The van der Waals surface area contributed by atoms with Crippen molar-refractivity contribution in [3.63, 3.8) is 0 Å². The summed E-state index contributed by atoms with van der Waals surface area (Å²) in [5.41, 5.74) is 0.953. The first-order valence-corrected chi connectivity index (χ1v) is 7.44. The fraction of sp³-hybridized carbons (Fsp3) is 0.571. The van der Waals surface area contributed by atoms with Crippen LogP contribution in [0.3, 0.4) is 0 Å². The van der Waals surface area contributed by atoms with Crippen molar-refractivity contribution in [3.05, 3.63) is 35.9 Å². The maximum absolute atomic E-state index is 10.1. The van der Waals surface area contributed by atoms with E-state index in [0.717, 1.165) is 5.56 Å². The van der Waals surface area contributed by atoms with E-state index in [-0.39, 0.29) is 17.0 Å². The fourth-order valence-electron chi connectivity index (χ4n) is 2.52. The highest BCUT2D eigenvalue weighted by Gasteiger charge is 2.48. The zero-order valence-electron chi connectivity index (χ0n) is 11.0. The van der Waals surface area contributed by atoms with Crippen molar-refractivity contribution in [3.8, 4) is 0 Å². The number of aliphatic hydroxyl groups excluding tert-OH is 1. The van der Waals surface area contributed by atoms with Crippen LogP contribution in [0.15, 0.2) is 30.3 Å². The molecule has 6 heteroatoms. The first kappa shape index (κ1) is 14.4. The Bertz CT molecular complexity index is 440. The van der Waals surface area contributed by atoms with E-state index < -0.39 is 18.7 Å². The van der Waals surface area contributed by atoms with Gasteiger partial charge in [0.15, 0.2) is 12.6 Å². The maximum atomic E-state index is 10.1. The summed E-state index contributed by atoms with van der Waals surface area (Å²) in [5, 5.41) is 10.1. The quantitative estimate of drug-likeness (QED) is 0.826. The van der Waals surface area contributed by atoms with Crippen molar-refractivity contribution in [2.24, 2.45) is 0 Å². The number of ether oxygens (including phenoxy) is 4.